The van der Waals surface area contributed by atoms with Crippen molar-refractivity contribution in [3.63, 3.8) is 0 Å². The fraction of sp³-hybridized carbons (Fsp3) is 0.0435. The molecule has 0 spiro atoms. The molecule has 0 saturated carbocycles. The average Bonchev–Trinajstić information content (AvgIpc) is 3.24. The maximum atomic E-state index is 4.52. The van der Waals surface area contributed by atoms with Crippen LogP contribution < -0.4 is 10.4 Å². The van der Waals surface area contributed by atoms with Crippen LogP contribution in [-0.2, 0) is 0 Å². The average molecular weight is 595 g/mol. The Bertz CT molecular complexity index is 2080. The number of hydrogen-bond acceptors (Lipinski definition) is 0. The van der Waals surface area contributed by atoms with E-state index in [0.29, 0.717) is 0 Å². The van der Waals surface area contributed by atoms with E-state index in [-0.39, 0.29) is 5.92 Å². The number of benzene rings is 2. The summed E-state index contributed by atoms with van der Waals surface area (Å²) in [7, 11) is 0. The Labute approximate surface area is 275 Å². The molecule has 0 bridgehead atoms. The lowest BCUT2D eigenvalue weighted by Crippen LogP contribution is -2.09. The highest BCUT2D eigenvalue weighted by Gasteiger charge is 2.14. The first-order valence-electron chi connectivity index (χ1n) is 15.3. The molecule has 1 aliphatic rings. The van der Waals surface area contributed by atoms with Crippen LogP contribution >= 0.6 is 0 Å². The van der Waals surface area contributed by atoms with Crippen molar-refractivity contribution in [3.05, 3.63) is 210 Å². The summed E-state index contributed by atoms with van der Waals surface area (Å²) in [4.78, 5) is 0. The number of allylic oxidation sites excluding steroid dienone is 14. The highest BCUT2D eigenvalue weighted by atomic mass is 14.2. The van der Waals surface area contributed by atoms with E-state index in [0.717, 1.165) is 66.1 Å². The van der Waals surface area contributed by atoms with Gasteiger partial charge in [0.1, 0.15) is 0 Å². The minimum absolute atomic E-state index is 0.251. The summed E-state index contributed by atoms with van der Waals surface area (Å²) in [5.74, 6) is 0.251. The second kappa shape index (κ2) is 15.3. The molecule has 0 aliphatic heterocycles. The fourth-order valence-electron chi connectivity index (χ4n) is 5.19. The predicted octanol–water partition coefficient (Wildman–Crippen LogP) is 11.2. The molecule has 0 heterocycles. The largest absolute Gasteiger partial charge is 0.0991 e. The van der Waals surface area contributed by atoms with Crippen LogP contribution in [0.25, 0.3) is 52.8 Å². The Morgan fingerprint density at radius 3 is 1.80 bits per heavy atom. The Morgan fingerprint density at radius 2 is 1.15 bits per heavy atom. The minimum Gasteiger partial charge on any atom is -0.0991 e. The summed E-state index contributed by atoms with van der Waals surface area (Å²) in [6.07, 6.45) is 22.0. The summed E-state index contributed by atoms with van der Waals surface area (Å²) in [6, 6.07) is 23.1. The molecule has 1 aliphatic carbocycles. The maximum Gasteiger partial charge on any atom is -0.00385 e. The number of fused-ring (bicyclic) bond motifs is 2. The number of rotatable bonds is 10. The van der Waals surface area contributed by atoms with Gasteiger partial charge in [-0.25, -0.2) is 0 Å². The molecule has 0 nitrogen and oxygen atoms in total. The first-order valence-corrected chi connectivity index (χ1v) is 15.3. The Hall–Kier alpha value is -5.72. The Kier molecular flexibility index (Phi) is 11.1. The van der Waals surface area contributed by atoms with E-state index < -0.39 is 0 Å². The van der Waals surface area contributed by atoms with E-state index in [4.69, 9.17) is 0 Å². The molecular formula is C46H42. The van der Waals surface area contributed by atoms with E-state index >= 15 is 0 Å². The highest BCUT2D eigenvalue weighted by molar-refractivity contribution is 5.92. The third-order valence-electron chi connectivity index (χ3n) is 7.90. The van der Waals surface area contributed by atoms with E-state index in [9.17, 15) is 0 Å². The molecule has 4 rings (SSSR count). The smallest absolute Gasteiger partial charge is 0.00385 e. The van der Waals surface area contributed by atoms with Crippen LogP contribution in [0.4, 0.5) is 0 Å². The van der Waals surface area contributed by atoms with Gasteiger partial charge in [0.25, 0.3) is 0 Å². The van der Waals surface area contributed by atoms with Crippen LogP contribution in [-0.4, -0.2) is 0 Å². The summed E-state index contributed by atoms with van der Waals surface area (Å²) in [5, 5.41) is 4.16. The second-order valence-corrected chi connectivity index (χ2v) is 11.4. The molecule has 0 N–H and O–H groups in total. The van der Waals surface area contributed by atoms with Crippen molar-refractivity contribution in [2.75, 3.05) is 0 Å². The van der Waals surface area contributed by atoms with Crippen LogP contribution in [0.5, 0.6) is 0 Å². The van der Waals surface area contributed by atoms with Gasteiger partial charge in [0.15, 0.2) is 0 Å². The van der Waals surface area contributed by atoms with E-state index in [2.05, 4.69) is 132 Å². The lowest BCUT2D eigenvalue weighted by Gasteiger charge is -2.14. The van der Waals surface area contributed by atoms with Crippen molar-refractivity contribution < 1.29 is 0 Å². The van der Waals surface area contributed by atoms with Crippen molar-refractivity contribution in [2.45, 2.75) is 6.92 Å². The van der Waals surface area contributed by atoms with Crippen molar-refractivity contribution in [3.8, 4) is 11.1 Å². The Morgan fingerprint density at radius 1 is 0.609 bits per heavy atom. The molecule has 0 radical (unpaired) electrons. The van der Waals surface area contributed by atoms with Crippen LogP contribution in [0.15, 0.2) is 183 Å². The molecule has 0 fully saturated rings. The lowest BCUT2D eigenvalue weighted by atomic mass is 9.90. The van der Waals surface area contributed by atoms with Gasteiger partial charge < -0.3 is 0 Å². The molecule has 1 atom stereocenters. The van der Waals surface area contributed by atoms with Gasteiger partial charge in [-0.1, -0.05) is 187 Å². The standard InChI is InChI=1S/C46H42/c1-10-11-16-33(3)34(4)23-24-35(5)36(6)25-26-39(9)45-37(7)17-12-13-18-38(8)46(44-30-22-32(2)21-29-43(44)45)42-28-27-40-19-14-15-20-41(40)31-42/h10-32H,1,3-9H2,2H3/b16-11-,17-12?,18-13?,24-23-,26-25-,45-43?,46-44?. The molecule has 0 heteroatoms. The third kappa shape index (κ3) is 8.05. The maximum absolute atomic E-state index is 4.52. The van der Waals surface area contributed by atoms with E-state index in [1.807, 2.05) is 54.7 Å². The lowest BCUT2D eigenvalue weighted by molar-refractivity contribution is 0.954. The van der Waals surface area contributed by atoms with Gasteiger partial charge in [-0.2, -0.15) is 0 Å². The molecule has 46 heavy (non-hydrogen) atoms. The van der Waals surface area contributed by atoms with Crippen molar-refractivity contribution in [2.24, 2.45) is 5.92 Å². The van der Waals surface area contributed by atoms with Crippen LogP contribution in [0.1, 0.15) is 23.6 Å². The van der Waals surface area contributed by atoms with Crippen LogP contribution in [0, 0.1) is 5.92 Å². The zero-order valence-electron chi connectivity index (χ0n) is 26.9. The van der Waals surface area contributed by atoms with E-state index in [1.54, 1.807) is 6.08 Å². The van der Waals surface area contributed by atoms with E-state index in [1.165, 1.54) is 10.8 Å². The quantitative estimate of drug-likeness (QED) is 0.205. The molecule has 0 amide bonds. The summed E-state index contributed by atoms with van der Waals surface area (Å²) >= 11 is 0. The monoisotopic (exact) mass is 594 g/mol. The van der Waals surface area contributed by atoms with Gasteiger partial charge in [-0.15, -0.1) is 0 Å². The summed E-state index contributed by atoms with van der Waals surface area (Å²) < 4.78 is 0. The highest BCUT2D eigenvalue weighted by Crippen LogP contribution is 2.32. The molecular weight excluding hydrogens is 553 g/mol. The second-order valence-electron chi connectivity index (χ2n) is 11.4. The van der Waals surface area contributed by atoms with Crippen LogP contribution in [0.2, 0.25) is 0 Å². The summed E-state index contributed by atoms with van der Waals surface area (Å²) in [5.41, 5.74) is 9.16. The van der Waals surface area contributed by atoms with Gasteiger partial charge in [-0.05, 0) is 88.9 Å². The van der Waals surface area contributed by atoms with Crippen molar-refractivity contribution >= 4 is 41.7 Å². The van der Waals surface area contributed by atoms with Crippen molar-refractivity contribution in [1.29, 1.82) is 0 Å². The van der Waals surface area contributed by atoms with Crippen LogP contribution in [0.3, 0.4) is 0 Å². The van der Waals surface area contributed by atoms with Gasteiger partial charge >= 0.3 is 0 Å². The fourth-order valence-corrected chi connectivity index (χ4v) is 5.19. The number of hydrogen-bond donors (Lipinski definition) is 0. The molecule has 3 aromatic rings. The first kappa shape index (κ1) is 33.2. The third-order valence-corrected chi connectivity index (χ3v) is 7.90. The SMILES string of the molecule is C=C/C=C\C(=C)C(=C)/C=C\C(=C)C(=C)/C=C\C(=C)c1c2c(c(-c3ccc4ccccc4c3)c(=C)ccccc1=C)C=CC(C)C=C2. The molecule has 226 valence electrons. The topological polar surface area (TPSA) is 0 Å². The van der Waals surface area contributed by atoms with Gasteiger partial charge in [0.2, 0.25) is 0 Å². The summed E-state index contributed by atoms with van der Waals surface area (Å²) in [6.45, 7) is 36.0. The zero-order chi connectivity index (χ0) is 33.2. The van der Waals surface area contributed by atoms with Gasteiger partial charge in [0.05, 0.1) is 0 Å². The molecule has 0 saturated heterocycles. The molecule has 3 aromatic carbocycles. The predicted molar refractivity (Wildman–Crippen MR) is 208 cm³/mol. The first-order chi connectivity index (χ1) is 22.1. The zero-order valence-corrected chi connectivity index (χ0v) is 26.9. The van der Waals surface area contributed by atoms with Crippen molar-refractivity contribution in [1.82, 2.24) is 0 Å². The minimum atomic E-state index is 0.251. The molecule has 1 unspecified atom stereocenters. The Balaban J connectivity index is 1.85. The van der Waals surface area contributed by atoms with Gasteiger partial charge in [-0.3, -0.25) is 0 Å². The molecule has 0 aromatic heterocycles. The normalized spacial score (nSPS) is 13.8. The van der Waals surface area contributed by atoms with Gasteiger partial charge in [0, 0.05) is 0 Å².